The summed E-state index contributed by atoms with van der Waals surface area (Å²) in [6.07, 6.45) is -3.63. The fourth-order valence-corrected chi connectivity index (χ4v) is 2.59. The summed E-state index contributed by atoms with van der Waals surface area (Å²) < 4.78 is 67.8. The Labute approximate surface area is 132 Å². The highest BCUT2D eigenvalue weighted by Gasteiger charge is 2.40. The molecule has 0 aliphatic carbocycles. The van der Waals surface area contributed by atoms with E-state index in [2.05, 4.69) is 0 Å². The number of benzene rings is 1. The van der Waals surface area contributed by atoms with Gasteiger partial charge in [0.05, 0.1) is 4.90 Å². The van der Waals surface area contributed by atoms with Crippen LogP contribution in [0.25, 0.3) is 0 Å². The molecule has 23 heavy (non-hydrogen) atoms. The van der Waals surface area contributed by atoms with Crippen molar-refractivity contribution in [2.24, 2.45) is 0 Å². The molecule has 0 heterocycles. The number of rotatable bonds is 6. The first kappa shape index (κ1) is 19.4. The van der Waals surface area contributed by atoms with Crippen LogP contribution in [0.2, 0.25) is 0 Å². The summed E-state index contributed by atoms with van der Waals surface area (Å²) in [6.45, 7) is 1.72. The predicted octanol–water partition coefficient (Wildman–Crippen LogP) is 2.59. The van der Waals surface area contributed by atoms with Crippen molar-refractivity contribution in [3.05, 3.63) is 29.3 Å². The van der Waals surface area contributed by atoms with E-state index in [1.54, 1.807) is 13.0 Å². The van der Waals surface area contributed by atoms with Crippen molar-refractivity contribution in [3.8, 4) is 0 Å². The quantitative estimate of drug-likeness (QED) is 0.630. The molecule has 1 N–H and O–H groups in total. The standard InChI is InChI=1S/C14H18F3NO4S/c1-10-6-7-12(23(20,21)22)9-11(10)5-3-4-8-18(2)13(19)14(15,16)17/h6-7,9H,3-5,8H2,1-2H3,(H,20,21,22). The molecule has 0 saturated carbocycles. The number of aryl methyl sites for hydroxylation is 2. The Balaban J connectivity index is 2.59. The summed E-state index contributed by atoms with van der Waals surface area (Å²) in [7, 11) is -3.21. The van der Waals surface area contributed by atoms with E-state index < -0.39 is 22.2 Å². The Morgan fingerprint density at radius 2 is 1.87 bits per heavy atom. The Morgan fingerprint density at radius 1 is 1.26 bits per heavy atom. The van der Waals surface area contributed by atoms with E-state index in [1.807, 2.05) is 0 Å². The Bertz CT molecular complexity index is 671. The van der Waals surface area contributed by atoms with Crippen molar-refractivity contribution in [1.82, 2.24) is 4.90 Å². The van der Waals surface area contributed by atoms with Gasteiger partial charge < -0.3 is 4.90 Å². The predicted molar refractivity (Wildman–Crippen MR) is 77.6 cm³/mol. The van der Waals surface area contributed by atoms with Gasteiger partial charge in [-0.1, -0.05) is 6.07 Å². The lowest BCUT2D eigenvalue weighted by Gasteiger charge is -2.18. The van der Waals surface area contributed by atoms with Crippen LogP contribution in [-0.4, -0.2) is 43.5 Å². The van der Waals surface area contributed by atoms with Gasteiger partial charge in [-0.05, 0) is 49.4 Å². The molecule has 0 radical (unpaired) electrons. The second-order valence-electron chi connectivity index (χ2n) is 5.24. The van der Waals surface area contributed by atoms with Gasteiger partial charge in [0.15, 0.2) is 0 Å². The van der Waals surface area contributed by atoms with Gasteiger partial charge in [0.25, 0.3) is 10.1 Å². The van der Waals surface area contributed by atoms with Crippen LogP contribution in [0, 0.1) is 6.92 Å². The van der Waals surface area contributed by atoms with Gasteiger partial charge in [-0.2, -0.15) is 21.6 Å². The summed E-state index contributed by atoms with van der Waals surface area (Å²) in [5.41, 5.74) is 1.50. The Hall–Kier alpha value is -1.61. The zero-order valence-corrected chi connectivity index (χ0v) is 13.5. The third-order valence-electron chi connectivity index (χ3n) is 3.40. The average Bonchev–Trinajstić information content (AvgIpc) is 2.41. The fourth-order valence-electron chi connectivity index (χ4n) is 2.06. The highest BCUT2D eigenvalue weighted by Crippen LogP contribution is 2.19. The lowest BCUT2D eigenvalue weighted by molar-refractivity contribution is -0.184. The fraction of sp³-hybridized carbons (Fsp3) is 0.500. The summed E-state index contributed by atoms with van der Waals surface area (Å²) in [5, 5.41) is 0. The molecular weight excluding hydrogens is 335 g/mol. The molecule has 0 bridgehead atoms. The van der Waals surface area contributed by atoms with Crippen molar-refractivity contribution in [2.75, 3.05) is 13.6 Å². The van der Waals surface area contributed by atoms with Crippen LogP contribution < -0.4 is 0 Å². The van der Waals surface area contributed by atoms with Crippen LogP contribution in [0.1, 0.15) is 24.0 Å². The van der Waals surface area contributed by atoms with Crippen molar-refractivity contribution < 1.29 is 30.9 Å². The zero-order chi connectivity index (χ0) is 17.8. The first-order valence-corrected chi connectivity index (χ1v) is 8.26. The maximum absolute atomic E-state index is 12.2. The van der Waals surface area contributed by atoms with Crippen LogP contribution >= 0.6 is 0 Å². The summed E-state index contributed by atoms with van der Waals surface area (Å²) >= 11 is 0. The van der Waals surface area contributed by atoms with Crippen LogP contribution in [0.4, 0.5) is 13.2 Å². The van der Waals surface area contributed by atoms with Gasteiger partial charge in [-0.3, -0.25) is 9.35 Å². The normalized spacial score (nSPS) is 12.3. The third-order valence-corrected chi connectivity index (χ3v) is 4.25. The molecule has 0 aromatic heterocycles. The van der Waals surface area contributed by atoms with Gasteiger partial charge in [-0.15, -0.1) is 0 Å². The smallest absolute Gasteiger partial charge is 0.338 e. The number of halogens is 3. The molecule has 5 nitrogen and oxygen atoms in total. The molecule has 0 saturated heterocycles. The van der Waals surface area contributed by atoms with Gasteiger partial charge >= 0.3 is 12.1 Å². The molecular formula is C14H18F3NO4S. The molecule has 0 spiro atoms. The zero-order valence-electron chi connectivity index (χ0n) is 12.7. The van der Waals surface area contributed by atoms with Gasteiger partial charge in [0.2, 0.25) is 0 Å². The van der Waals surface area contributed by atoms with Crippen molar-refractivity contribution in [3.63, 3.8) is 0 Å². The molecule has 1 rings (SSSR count). The van der Waals surface area contributed by atoms with Gasteiger partial charge in [0, 0.05) is 13.6 Å². The summed E-state index contributed by atoms with van der Waals surface area (Å²) in [4.78, 5) is 11.3. The van der Waals surface area contributed by atoms with Crippen molar-refractivity contribution in [1.29, 1.82) is 0 Å². The maximum atomic E-state index is 12.2. The number of hydrogen-bond donors (Lipinski definition) is 1. The monoisotopic (exact) mass is 353 g/mol. The molecule has 0 aliphatic rings. The first-order valence-electron chi connectivity index (χ1n) is 6.82. The van der Waals surface area contributed by atoms with E-state index in [-0.39, 0.29) is 11.4 Å². The van der Waals surface area contributed by atoms with Crippen molar-refractivity contribution >= 4 is 16.0 Å². The largest absolute Gasteiger partial charge is 0.471 e. The Kier molecular flexibility index (Phi) is 6.18. The number of amides is 1. The second-order valence-corrected chi connectivity index (χ2v) is 6.67. The van der Waals surface area contributed by atoms with Crippen LogP contribution in [-0.2, 0) is 21.3 Å². The highest BCUT2D eigenvalue weighted by molar-refractivity contribution is 7.85. The first-order chi connectivity index (χ1) is 10.4. The molecule has 9 heteroatoms. The Morgan fingerprint density at radius 3 is 2.39 bits per heavy atom. The molecule has 0 fully saturated rings. The molecule has 1 amide bonds. The topological polar surface area (TPSA) is 74.7 Å². The minimum absolute atomic E-state index is 0.0462. The number of alkyl halides is 3. The summed E-state index contributed by atoms with van der Waals surface area (Å²) in [5.74, 6) is -1.89. The van der Waals surface area contributed by atoms with Crippen LogP contribution in [0.3, 0.4) is 0 Å². The second kappa shape index (κ2) is 7.31. The molecule has 1 aromatic carbocycles. The maximum Gasteiger partial charge on any atom is 0.471 e. The van der Waals surface area contributed by atoms with Crippen LogP contribution in [0.15, 0.2) is 23.1 Å². The van der Waals surface area contributed by atoms with E-state index >= 15 is 0 Å². The molecule has 1 aromatic rings. The molecule has 130 valence electrons. The minimum atomic E-state index is -4.88. The van der Waals surface area contributed by atoms with Gasteiger partial charge in [-0.25, -0.2) is 0 Å². The number of carbonyl (C=O) groups is 1. The minimum Gasteiger partial charge on any atom is -0.338 e. The van der Waals surface area contributed by atoms with E-state index in [4.69, 9.17) is 4.55 Å². The number of unbranched alkanes of at least 4 members (excludes halogenated alkanes) is 1. The molecule has 0 unspecified atom stereocenters. The SMILES string of the molecule is Cc1ccc(S(=O)(=O)O)cc1CCCCN(C)C(=O)C(F)(F)F. The van der Waals surface area contributed by atoms with Crippen molar-refractivity contribution in [2.45, 2.75) is 37.3 Å². The van der Waals surface area contributed by atoms with Gasteiger partial charge in [0.1, 0.15) is 0 Å². The van der Waals surface area contributed by atoms with E-state index in [0.717, 1.165) is 12.6 Å². The number of nitrogens with zero attached hydrogens (tertiary/aromatic N) is 1. The molecule has 0 aliphatic heterocycles. The number of carbonyl (C=O) groups excluding carboxylic acids is 1. The average molecular weight is 353 g/mol. The third kappa shape index (κ3) is 5.83. The lowest BCUT2D eigenvalue weighted by Crippen LogP contribution is -2.38. The highest BCUT2D eigenvalue weighted by atomic mass is 32.2. The summed E-state index contributed by atoms with van der Waals surface area (Å²) in [6, 6.07) is 4.18. The number of hydrogen-bond acceptors (Lipinski definition) is 3. The van der Waals surface area contributed by atoms with E-state index in [0.29, 0.717) is 29.7 Å². The van der Waals surface area contributed by atoms with E-state index in [1.165, 1.54) is 12.1 Å². The molecule has 0 atom stereocenters. The lowest BCUT2D eigenvalue weighted by atomic mass is 10.0. The van der Waals surface area contributed by atoms with E-state index in [9.17, 15) is 26.4 Å². The van der Waals surface area contributed by atoms with Crippen LogP contribution in [0.5, 0.6) is 0 Å².